The quantitative estimate of drug-likeness (QED) is 0.775. The van der Waals surface area contributed by atoms with Crippen molar-refractivity contribution in [3.8, 4) is 0 Å². The van der Waals surface area contributed by atoms with Crippen LogP contribution in [0.15, 0.2) is 23.2 Å². The van der Waals surface area contributed by atoms with Gasteiger partial charge in [-0.3, -0.25) is 9.79 Å². The summed E-state index contributed by atoms with van der Waals surface area (Å²) in [5.74, 6) is -0.835. The lowest BCUT2D eigenvalue weighted by molar-refractivity contribution is -0.137. The second kappa shape index (κ2) is 3.25. The molecule has 0 fully saturated rings. The maximum Gasteiger partial charge on any atom is 0.304 e. The van der Waals surface area contributed by atoms with E-state index in [0.29, 0.717) is 0 Å². The Morgan fingerprint density at radius 1 is 1.57 bits per heavy atom. The Kier molecular flexibility index (Phi) is 2.08. The van der Waals surface area contributed by atoms with Gasteiger partial charge in [-0.15, -0.1) is 0 Å². The van der Waals surface area contributed by atoms with E-state index >= 15 is 0 Å². The SMILES string of the molecule is Cc1ccc2c(c1)N=CC2CC(=O)O. The van der Waals surface area contributed by atoms with Gasteiger partial charge in [0.15, 0.2) is 0 Å². The number of aliphatic carboxylic acids is 1. The fourth-order valence-electron chi connectivity index (χ4n) is 1.68. The van der Waals surface area contributed by atoms with Crippen LogP contribution < -0.4 is 0 Å². The molecule has 0 saturated heterocycles. The zero-order valence-corrected chi connectivity index (χ0v) is 7.90. The summed E-state index contributed by atoms with van der Waals surface area (Å²) < 4.78 is 0. The number of aryl methyl sites for hydroxylation is 1. The van der Waals surface area contributed by atoms with Crippen molar-refractivity contribution in [2.45, 2.75) is 19.3 Å². The standard InChI is InChI=1S/C11H11NO2/c1-7-2-3-9-8(5-11(13)14)6-12-10(9)4-7/h2-4,6,8H,5H2,1H3,(H,13,14). The molecule has 1 atom stereocenters. The smallest absolute Gasteiger partial charge is 0.304 e. The minimum atomic E-state index is -0.783. The highest BCUT2D eigenvalue weighted by atomic mass is 16.4. The van der Waals surface area contributed by atoms with Gasteiger partial charge in [-0.2, -0.15) is 0 Å². The summed E-state index contributed by atoms with van der Waals surface area (Å²) in [6.07, 6.45) is 1.85. The number of fused-ring (bicyclic) bond motifs is 1. The number of carboxylic acids is 1. The molecule has 3 heteroatoms. The average molecular weight is 189 g/mol. The molecule has 0 saturated carbocycles. The molecular formula is C11H11NO2. The first-order valence-electron chi connectivity index (χ1n) is 4.53. The Morgan fingerprint density at radius 3 is 3.07 bits per heavy atom. The number of hydrogen-bond donors (Lipinski definition) is 1. The molecule has 1 heterocycles. The van der Waals surface area contributed by atoms with E-state index in [4.69, 9.17) is 5.11 Å². The first-order chi connectivity index (χ1) is 6.66. The summed E-state index contributed by atoms with van der Waals surface area (Å²) in [5, 5.41) is 8.69. The van der Waals surface area contributed by atoms with Crippen LogP contribution in [-0.4, -0.2) is 17.3 Å². The van der Waals surface area contributed by atoms with Crippen LogP contribution in [0.25, 0.3) is 0 Å². The Morgan fingerprint density at radius 2 is 2.36 bits per heavy atom. The van der Waals surface area contributed by atoms with Gasteiger partial charge in [-0.05, 0) is 24.1 Å². The molecule has 1 aliphatic heterocycles. The number of aliphatic imine (C=N–C) groups is 1. The van der Waals surface area contributed by atoms with Gasteiger partial charge < -0.3 is 5.11 Å². The Hall–Kier alpha value is -1.64. The van der Waals surface area contributed by atoms with Gasteiger partial charge in [0.05, 0.1) is 12.1 Å². The van der Waals surface area contributed by atoms with E-state index in [2.05, 4.69) is 4.99 Å². The van der Waals surface area contributed by atoms with Gasteiger partial charge in [0.25, 0.3) is 0 Å². The van der Waals surface area contributed by atoms with Crippen LogP contribution in [0.1, 0.15) is 23.5 Å². The van der Waals surface area contributed by atoms with Crippen molar-refractivity contribution < 1.29 is 9.90 Å². The lowest BCUT2D eigenvalue weighted by Crippen LogP contribution is -2.04. The van der Waals surface area contributed by atoms with E-state index in [-0.39, 0.29) is 12.3 Å². The number of rotatable bonds is 2. The number of carbonyl (C=O) groups is 1. The summed E-state index contributed by atoms with van der Waals surface area (Å²) in [4.78, 5) is 14.8. The fraction of sp³-hybridized carbons (Fsp3) is 0.273. The topological polar surface area (TPSA) is 49.7 Å². The molecule has 1 aromatic rings. The maximum absolute atomic E-state index is 10.6. The van der Waals surface area contributed by atoms with Crippen molar-refractivity contribution in [2.75, 3.05) is 0 Å². The van der Waals surface area contributed by atoms with Crippen molar-refractivity contribution in [3.05, 3.63) is 29.3 Å². The average Bonchev–Trinajstić information content (AvgIpc) is 2.47. The summed E-state index contributed by atoms with van der Waals surface area (Å²) in [5.41, 5.74) is 3.09. The summed E-state index contributed by atoms with van der Waals surface area (Å²) >= 11 is 0. The van der Waals surface area contributed by atoms with E-state index in [0.717, 1.165) is 16.8 Å². The molecule has 0 radical (unpaired) electrons. The first kappa shape index (κ1) is 8.94. The molecule has 1 N–H and O–H groups in total. The maximum atomic E-state index is 10.6. The van der Waals surface area contributed by atoms with E-state index in [1.54, 1.807) is 6.21 Å². The molecule has 1 aliphatic rings. The molecule has 72 valence electrons. The van der Waals surface area contributed by atoms with Crippen LogP contribution in [0, 0.1) is 6.92 Å². The Balaban J connectivity index is 2.31. The van der Waals surface area contributed by atoms with Gasteiger partial charge in [-0.1, -0.05) is 12.1 Å². The second-order valence-electron chi connectivity index (χ2n) is 3.54. The zero-order chi connectivity index (χ0) is 10.1. The molecule has 1 unspecified atom stereocenters. The molecule has 0 bridgehead atoms. The fourth-order valence-corrected chi connectivity index (χ4v) is 1.68. The van der Waals surface area contributed by atoms with Crippen LogP contribution in [0.3, 0.4) is 0 Å². The normalized spacial score (nSPS) is 18.2. The van der Waals surface area contributed by atoms with E-state index in [1.807, 2.05) is 25.1 Å². The Bertz CT molecular complexity index is 410. The van der Waals surface area contributed by atoms with Crippen LogP contribution in [0.5, 0.6) is 0 Å². The highest BCUT2D eigenvalue weighted by Gasteiger charge is 2.20. The third kappa shape index (κ3) is 1.53. The molecule has 0 amide bonds. The highest BCUT2D eigenvalue weighted by molar-refractivity contribution is 5.85. The summed E-state index contributed by atoms with van der Waals surface area (Å²) in [6, 6.07) is 5.93. The van der Waals surface area contributed by atoms with Gasteiger partial charge in [-0.25, -0.2) is 0 Å². The molecule has 0 aliphatic carbocycles. The van der Waals surface area contributed by atoms with Gasteiger partial charge in [0, 0.05) is 12.1 Å². The third-order valence-electron chi connectivity index (χ3n) is 2.37. The van der Waals surface area contributed by atoms with Crippen LogP contribution in [0.2, 0.25) is 0 Å². The molecule has 3 nitrogen and oxygen atoms in total. The predicted molar refractivity (Wildman–Crippen MR) is 54.3 cm³/mol. The molecule has 2 rings (SSSR count). The highest BCUT2D eigenvalue weighted by Crippen LogP contribution is 2.34. The van der Waals surface area contributed by atoms with Crippen LogP contribution in [-0.2, 0) is 4.79 Å². The van der Waals surface area contributed by atoms with Gasteiger partial charge in [0.2, 0.25) is 0 Å². The number of carboxylic acid groups (broad SMARTS) is 1. The number of hydrogen-bond acceptors (Lipinski definition) is 2. The van der Waals surface area contributed by atoms with Crippen molar-refractivity contribution in [1.29, 1.82) is 0 Å². The molecule has 14 heavy (non-hydrogen) atoms. The molecule has 0 aromatic heterocycles. The summed E-state index contributed by atoms with van der Waals surface area (Å²) in [7, 11) is 0. The van der Waals surface area contributed by atoms with Gasteiger partial charge >= 0.3 is 5.97 Å². The van der Waals surface area contributed by atoms with Crippen molar-refractivity contribution in [2.24, 2.45) is 4.99 Å². The molecule has 0 spiro atoms. The van der Waals surface area contributed by atoms with E-state index in [9.17, 15) is 4.79 Å². The monoisotopic (exact) mass is 189 g/mol. The molecule has 1 aromatic carbocycles. The summed E-state index contributed by atoms with van der Waals surface area (Å²) in [6.45, 7) is 2.00. The van der Waals surface area contributed by atoms with E-state index < -0.39 is 5.97 Å². The largest absolute Gasteiger partial charge is 0.481 e. The number of benzene rings is 1. The van der Waals surface area contributed by atoms with Crippen LogP contribution in [0.4, 0.5) is 5.69 Å². The minimum absolute atomic E-state index is 0.0527. The van der Waals surface area contributed by atoms with Gasteiger partial charge in [0.1, 0.15) is 0 Å². The zero-order valence-electron chi connectivity index (χ0n) is 7.90. The number of nitrogens with zero attached hydrogens (tertiary/aromatic N) is 1. The van der Waals surface area contributed by atoms with Crippen molar-refractivity contribution in [3.63, 3.8) is 0 Å². The minimum Gasteiger partial charge on any atom is -0.481 e. The third-order valence-corrected chi connectivity index (χ3v) is 2.37. The van der Waals surface area contributed by atoms with Crippen molar-refractivity contribution >= 4 is 17.9 Å². The predicted octanol–water partition coefficient (Wildman–Crippen LogP) is 2.27. The molecular weight excluding hydrogens is 178 g/mol. The lowest BCUT2D eigenvalue weighted by atomic mass is 9.97. The Labute approximate surface area is 82.1 Å². The van der Waals surface area contributed by atoms with Crippen molar-refractivity contribution in [1.82, 2.24) is 0 Å². The van der Waals surface area contributed by atoms with E-state index in [1.165, 1.54) is 0 Å². The second-order valence-corrected chi connectivity index (χ2v) is 3.54. The first-order valence-corrected chi connectivity index (χ1v) is 4.53. The van der Waals surface area contributed by atoms with Crippen LogP contribution >= 0.6 is 0 Å². The lowest BCUT2D eigenvalue weighted by Gasteiger charge is -2.06.